The summed E-state index contributed by atoms with van der Waals surface area (Å²) in [6.07, 6.45) is 0. The number of carbonyl (C=O) groups excluding carboxylic acids is 1. The number of benzene rings is 2. The molecule has 2 N–H and O–H groups in total. The van der Waals surface area contributed by atoms with Crippen LogP contribution < -0.4 is 10.0 Å². The van der Waals surface area contributed by atoms with E-state index in [-0.39, 0.29) is 17.6 Å². The molecule has 24 heavy (non-hydrogen) atoms. The van der Waals surface area contributed by atoms with E-state index in [0.717, 1.165) is 5.56 Å². The lowest BCUT2D eigenvalue weighted by Gasteiger charge is -2.14. The topological polar surface area (TPSA) is 75.3 Å². The summed E-state index contributed by atoms with van der Waals surface area (Å²) in [5.41, 5.74) is 1.93. The predicted octanol–water partition coefficient (Wildman–Crippen LogP) is 2.98. The van der Waals surface area contributed by atoms with Crippen LogP contribution >= 0.6 is 0 Å². The van der Waals surface area contributed by atoms with Gasteiger partial charge in [-0.15, -0.1) is 0 Å². The van der Waals surface area contributed by atoms with Gasteiger partial charge >= 0.3 is 0 Å². The minimum atomic E-state index is -3.48. The first-order chi connectivity index (χ1) is 11.4. The highest BCUT2D eigenvalue weighted by Crippen LogP contribution is 2.19. The van der Waals surface area contributed by atoms with E-state index in [1.807, 2.05) is 44.2 Å². The molecule has 5 nitrogen and oxygen atoms in total. The molecule has 0 aliphatic heterocycles. The summed E-state index contributed by atoms with van der Waals surface area (Å²) in [5, 5.41) is 2.70. The van der Waals surface area contributed by atoms with Crippen molar-refractivity contribution in [3.8, 4) is 0 Å². The Morgan fingerprint density at radius 3 is 2.25 bits per heavy atom. The van der Waals surface area contributed by atoms with Gasteiger partial charge in [0.15, 0.2) is 0 Å². The number of anilines is 1. The van der Waals surface area contributed by atoms with E-state index < -0.39 is 10.0 Å². The third-order valence-corrected chi connectivity index (χ3v) is 5.08. The fourth-order valence-electron chi connectivity index (χ4n) is 2.38. The van der Waals surface area contributed by atoms with Gasteiger partial charge in [0, 0.05) is 17.8 Å². The average molecular weight is 346 g/mol. The fraction of sp³-hybridized carbons (Fsp3) is 0.278. The van der Waals surface area contributed by atoms with Crippen LogP contribution in [0.5, 0.6) is 0 Å². The van der Waals surface area contributed by atoms with Crippen LogP contribution in [0.1, 0.15) is 35.7 Å². The van der Waals surface area contributed by atoms with E-state index in [2.05, 4.69) is 10.0 Å². The van der Waals surface area contributed by atoms with Crippen molar-refractivity contribution in [3.05, 3.63) is 65.7 Å². The average Bonchev–Trinajstić information content (AvgIpc) is 2.55. The summed E-state index contributed by atoms with van der Waals surface area (Å²) in [6.45, 7) is 4.27. The van der Waals surface area contributed by atoms with Gasteiger partial charge in [0.1, 0.15) is 0 Å². The van der Waals surface area contributed by atoms with Crippen molar-refractivity contribution in [2.75, 3.05) is 17.0 Å². The molecular formula is C18H22N2O3S. The number of rotatable bonds is 7. The van der Waals surface area contributed by atoms with E-state index in [4.69, 9.17) is 0 Å². The van der Waals surface area contributed by atoms with Crippen LogP contribution in [0, 0.1) is 0 Å². The highest BCUT2D eigenvalue weighted by atomic mass is 32.2. The van der Waals surface area contributed by atoms with Crippen LogP contribution in [-0.2, 0) is 10.0 Å². The molecule has 0 aliphatic rings. The molecule has 2 aromatic rings. The summed E-state index contributed by atoms with van der Waals surface area (Å²) in [5.74, 6) is -0.294. The SMILES string of the molecule is CCNC(=O)c1ccc(NS(=O)(=O)CC(C)c2ccccc2)cc1. The van der Waals surface area contributed by atoms with Crippen LogP contribution in [0.4, 0.5) is 5.69 Å². The first-order valence-corrected chi connectivity index (χ1v) is 9.50. The van der Waals surface area contributed by atoms with Crippen molar-refractivity contribution in [1.82, 2.24) is 5.32 Å². The van der Waals surface area contributed by atoms with Crippen LogP contribution in [0.25, 0.3) is 0 Å². The molecule has 0 spiro atoms. The Morgan fingerprint density at radius 2 is 1.67 bits per heavy atom. The largest absolute Gasteiger partial charge is 0.352 e. The number of hydrogen-bond acceptors (Lipinski definition) is 3. The summed E-state index contributed by atoms with van der Waals surface area (Å²) in [4.78, 5) is 11.7. The van der Waals surface area contributed by atoms with Crippen molar-refractivity contribution >= 4 is 21.6 Å². The van der Waals surface area contributed by atoms with Crippen molar-refractivity contribution in [3.63, 3.8) is 0 Å². The molecule has 2 aromatic carbocycles. The Bertz CT molecular complexity index is 772. The van der Waals surface area contributed by atoms with Crippen LogP contribution in [0.3, 0.4) is 0 Å². The van der Waals surface area contributed by atoms with E-state index in [0.29, 0.717) is 17.8 Å². The fourth-order valence-corrected chi connectivity index (χ4v) is 3.81. The molecule has 1 amide bonds. The predicted molar refractivity (Wildman–Crippen MR) is 96.7 cm³/mol. The van der Waals surface area contributed by atoms with Gasteiger partial charge in [0.25, 0.3) is 5.91 Å². The van der Waals surface area contributed by atoms with Gasteiger partial charge in [-0.1, -0.05) is 37.3 Å². The molecule has 2 rings (SSSR count). The second kappa shape index (κ2) is 7.97. The molecular weight excluding hydrogens is 324 g/mol. The first kappa shape index (κ1) is 18.0. The number of carbonyl (C=O) groups is 1. The molecule has 0 radical (unpaired) electrons. The molecule has 0 saturated carbocycles. The van der Waals surface area contributed by atoms with Crippen LogP contribution in [0.15, 0.2) is 54.6 Å². The minimum absolute atomic E-state index is 0.00488. The van der Waals surface area contributed by atoms with Crippen molar-refractivity contribution in [2.24, 2.45) is 0 Å². The van der Waals surface area contributed by atoms with Gasteiger partial charge in [0.2, 0.25) is 10.0 Å². The standard InChI is InChI=1S/C18H22N2O3S/c1-3-19-18(21)16-9-11-17(12-10-16)20-24(22,23)13-14(2)15-7-5-4-6-8-15/h4-12,14,20H,3,13H2,1-2H3,(H,19,21). The Kier molecular flexibility index (Phi) is 5.98. The zero-order chi connectivity index (χ0) is 17.6. The maximum Gasteiger partial charge on any atom is 0.251 e. The summed E-state index contributed by atoms with van der Waals surface area (Å²) >= 11 is 0. The van der Waals surface area contributed by atoms with Gasteiger partial charge in [-0.2, -0.15) is 0 Å². The van der Waals surface area contributed by atoms with Crippen LogP contribution in [0.2, 0.25) is 0 Å². The zero-order valence-electron chi connectivity index (χ0n) is 13.8. The lowest BCUT2D eigenvalue weighted by atomic mass is 10.0. The third-order valence-electron chi connectivity index (χ3n) is 3.60. The van der Waals surface area contributed by atoms with E-state index in [9.17, 15) is 13.2 Å². The lowest BCUT2D eigenvalue weighted by Crippen LogP contribution is -2.23. The minimum Gasteiger partial charge on any atom is -0.352 e. The van der Waals surface area contributed by atoms with Crippen molar-refractivity contribution < 1.29 is 13.2 Å². The van der Waals surface area contributed by atoms with Crippen molar-refractivity contribution in [1.29, 1.82) is 0 Å². The Labute approximate surface area is 143 Å². The van der Waals surface area contributed by atoms with Gasteiger partial charge in [-0.05, 0) is 42.7 Å². The molecule has 0 saturated heterocycles. The molecule has 0 fully saturated rings. The second-order valence-electron chi connectivity index (χ2n) is 5.63. The van der Waals surface area contributed by atoms with E-state index >= 15 is 0 Å². The Balaban J connectivity index is 2.02. The van der Waals surface area contributed by atoms with Gasteiger partial charge in [-0.25, -0.2) is 8.42 Å². The van der Waals surface area contributed by atoms with E-state index in [1.54, 1.807) is 24.3 Å². The maximum atomic E-state index is 12.3. The maximum absolute atomic E-state index is 12.3. The normalized spacial score (nSPS) is 12.4. The number of nitrogens with one attached hydrogen (secondary N) is 2. The highest BCUT2D eigenvalue weighted by Gasteiger charge is 2.17. The first-order valence-electron chi connectivity index (χ1n) is 7.85. The molecule has 0 aromatic heterocycles. The van der Waals surface area contributed by atoms with Crippen molar-refractivity contribution in [2.45, 2.75) is 19.8 Å². The number of sulfonamides is 1. The summed E-state index contributed by atoms with van der Waals surface area (Å²) in [7, 11) is -3.48. The summed E-state index contributed by atoms with van der Waals surface area (Å²) < 4.78 is 27.2. The molecule has 6 heteroatoms. The van der Waals surface area contributed by atoms with E-state index in [1.165, 1.54) is 0 Å². The highest BCUT2D eigenvalue weighted by molar-refractivity contribution is 7.92. The van der Waals surface area contributed by atoms with Gasteiger partial charge < -0.3 is 5.32 Å². The van der Waals surface area contributed by atoms with Gasteiger partial charge in [-0.3, -0.25) is 9.52 Å². The quantitative estimate of drug-likeness (QED) is 0.809. The summed E-state index contributed by atoms with van der Waals surface area (Å²) in [6, 6.07) is 15.9. The van der Waals surface area contributed by atoms with Crippen LogP contribution in [-0.4, -0.2) is 26.6 Å². The monoisotopic (exact) mass is 346 g/mol. The molecule has 0 aliphatic carbocycles. The number of amides is 1. The Hall–Kier alpha value is -2.34. The molecule has 1 unspecified atom stereocenters. The third kappa shape index (κ3) is 5.09. The molecule has 0 heterocycles. The molecule has 0 bridgehead atoms. The molecule has 128 valence electrons. The molecule has 1 atom stereocenters. The number of hydrogen-bond donors (Lipinski definition) is 2. The zero-order valence-corrected chi connectivity index (χ0v) is 14.6. The van der Waals surface area contributed by atoms with Gasteiger partial charge in [0.05, 0.1) is 5.75 Å². The second-order valence-corrected chi connectivity index (χ2v) is 7.40. The Morgan fingerprint density at radius 1 is 1.04 bits per heavy atom. The lowest BCUT2D eigenvalue weighted by molar-refractivity contribution is 0.0956. The smallest absolute Gasteiger partial charge is 0.251 e.